The van der Waals surface area contributed by atoms with Crippen LogP contribution in [0.4, 0.5) is 0 Å². The minimum atomic E-state index is -0.846. The van der Waals surface area contributed by atoms with Gasteiger partial charge in [-0.15, -0.1) is 0 Å². The van der Waals surface area contributed by atoms with Crippen LogP contribution in [0.3, 0.4) is 0 Å². The Hall–Kier alpha value is -1.84. The topological polar surface area (TPSA) is 57.6 Å². The molecular formula is C16H19NO3. The first kappa shape index (κ1) is 13.2. The number of nitrogens with zero attached hydrogens (tertiary/aromatic N) is 1. The molecule has 20 heavy (non-hydrogen) atoms. The fraction of sp³-hybridized carbons (Fsp3) is 0.500. The highest BCUT2D eigenvalue weighted by molar-refractivity contribution is 5.89. The van der Waals surface area contributed by atoms with Crippen molar-refractivity contribution < 1.29 is 14.7 Å². The highest BCUT2D eigenvalue weighted by Crippen LogP contribution is 2.42. The van der Waals surface area contributed by atoms with E-state index < -0.39 is 11.9 Å². The summed E-state index contributed by atoms with van der Waals surface area (Å²) in [6.07, 6.45) is 3.60. The number of hydrogen-bond acceptors (Lipinski definition) is 2. The quantitative estimate of drug-likeness (QED) is 0.919. The van der Waals surface area contributed by atoms with Gasteiger partial charge >= 0.3 is 5.97 Å². The second kappa shape index (κ2) is 4.93. The van der Waals surface area contributed by atoms with E-state index in [2.05, 4.69) is 12.1 Å². The lowest BCUT2D eigenvalue weighted by Gasteiger charge is -2.33. The standard InChI is InChI=1S/C16H19NO3/c1-17(15(18)12-9-13(12)16(19)20)14-8-4-6-10-5-2-3-7-11(10)14/h2-3,5,7,12-14H,4,6,8-9H2,1H3,(H,19,20)/t12-,13+,14?/m1/s1. The lowest BCUT2D eigenvalue weighted by Crippen LogP contribution is -2.35. The number of rotatable bonds is 3. The van der Waals surface area contributed by atoms with Crippen molar-refractivity contribution in [2.24, 2.45) is 11.8 Å². The molecular weight excluding hydrogens is 254 g/mol. The lowest BCUT2D eigenvalue weighted by atomic mass is 9.87. The van der Waals surface area contributed by atoms with Gasteiger partial charge in [-0.1, -0.05) is 24.3 Å². The first-order valence-corrected chi connectivity index (χ1v) is 7.17. The van der Waals surface area contributed by atoms with Crippen LogP contribution in [0.15, 0.2) is 24.3 Å². The van der Waals surface area contributed by atoms with E-state index in [1.165, 1.54) is 11.1 Å². The molecule has 1 fully saturated rings. The molecule has 3 atom stereocenters. The highest BCUT2D eigenvalue weighted by Gasteiger charge is 2.50. The molecule has 1 aromatic rings. The number of carbonyl (C=O) groups excluding carboxylic acids is 1. The van der Waals surface area contributed by atoms with Crippen LogP contribution in [0.25, 0.3) is 0 Å². The summed E-state index contributed by atoms with van der Waals surface area (Å²) in [5.41, 5.74) is 2.54. The number of carboxylic acids is 1. The molecule has 0 aliphatic heterocycles. The Balaban J connectivity index is 1.77. The molecule has 2 aliphatic rings. The van der Waals surface area contributed by atoms with Crippen molar-refractivity contribution in [2.45, 2.75) is 31.7 Å². The Morgan fingerprint density at radius 1 is 1.25 bits per heavy atom. The number of amides is 1. The van der Waals surface area contributed by atoms with E-state index in [0.717, 1.165) is 19.3 Å². The predicted octanol–water partition coefficient (Wildman–Crippen LogP) is 2.24. The summed E-state index contributed by atoms with van der Waals surface area (Å²) in [6.45, 7) is 0. The van der Waals surface area contributed by atoms with Gasteiger partial charge in [-0.05, 0) is 36.8 Å². The molecule has 3 rings (SSSR count). The summed E-state index contributed by atoms with van der Waals surface area (Å²) in [4.78, 5) is 25.1. The Bertz CT molecular complexity index is 554. The van der Waals surface area contributed by atoms with E-state index in [1.54, 1.807) is 4.90 Å². The number of aliphatic carboxylic acids is 1. The normalized spacial score (nSPS) is 27.6. The Morgan fingerprint density at radius 3 is 2.70 bits per heavy atom. The number of benzene rings is 1. The molecule has 1 unspecified atom stereocenters. The molecule has 0 aromatic heterocycles. The number of hydrogen-bond donors (Lipinski definition) is 1. The van der Waals surface area contributed by atoms with Gasteiger partial charge in [-0.2, -0.15) is 0 Å². The average Bonchev–Trinajstić information content (AvgIpc) is 3.26. The zero-order valence-electron chi connectivity index (χ0n) is 11.6. The SMILES string of the molecule is CN(C(=O)[C@@H]1C[C@@H]1C(=O)O)C1CCCc2ccccc21. The number of aryl methyl sites for hydroxylation is 1. The largest absolute Gasteiger partial charge is 0.481 e. The maximum absolute atomic E-state index is 12.4. The van der Waals surface area contributed by atoms with Gasteiger partial charge in [0.05, 0.1) is 17.9 Å². The summed E-state index contributed by atoms with van der Waals surface area (Å²) in [5, 5.41) is 8.95. The van der Waals surface area contributed by atoms with Crippen LogP contribution in [0.2, 0.25) is 0 Å². The molecule has 1 aromatic carbocycles. The summed E-state index contributed by atoms with van der Waals surface area (Å²) in [6, 6.07) is 8.35. The van der Waals surface area contributed by atoms with Crippen LogP contribution < -0.4 is 0 Å². The van der Waals surface area contributed by atoms with Crippen LogP contribution in [-0.4, -0.2) is 28.9 Å². The van der Waals surface area contributed by atoms with Crippen molar-refractivity contribution in [1.29, 1.82) is 0 Å². The van der Waals surface area contributed by atoms with Crippen LogP contribution in [0.1, 0.15) is 36.4 Å². The van der Waals surface area contributed by atoms with E-state index in [9.17, 15) is 9.59 Å². The molecule has 106 valence electrons. The fourth-order valence-corrected chi connectivity index (χ4v) is 3.29. The van der Waals surface area contributed by atoms with Crippen molar-refractivity contribution in [2.75, 3.05) is 7.05 Å². The molecule has 4 nitrogen and oxygen atoms in total. The minimum Gasteiger partial charge on any atom is -0.481 e. The third-order valence-corrected chi connectivity index (χ3v) is 4.58. The molecule has 1 N–H and O–H groups in total. The van der Waals surface area contributed by atoms with Gasteiger partial charge in [0.1, 0.15) is 0 Å². The maximum Gasteiger partial charge on any atom is 0.307 e. The van der Waals surface area contributed by atoms with E-state index in [1.807, 2.05) is 19.2 Å². The minimum absolute atomic E-state index is 0.0147. The molecule has 0 saturated heterocycles. The second-order valence-corrected chi connectivity index (χ2v) is 5.84. The molecule has 1 amide bonds. The zero-order valence-corrected chi connectivity index (χ0v) is 11.6. The number of carbonyl (C=O) groups is 2. The van der Waals surface area contributed by atoms with Crippen molar-refractivity contribution in [3.63, 3.8) is 0 Å². The molecule has 0 radical (unpaired) electrons. The Labute approximate surface area is 118 Å². The van der Waals surface area contributed by atoms with Gasteiger partial charge in [0.25, 0.3) is 0 Å². The third kappa shape index (κ3) is 2.19. The van der Waals surface area contributed by atoms with Gasteiger partial charge in [-0.25, -0.2) is 0 Å². The monoisotopic (exact) mass is 273 g/mol. The van der Waals surface area contributed by atoms with Crippen molar-refractivity contribution in [1.82, 2.24) is 4.90 Å². The van der Waals surface area contributed by atoms with E-state index in [0.29, 0.717) is 6.42 Å². The predicted molar refractivity (Wildman–Crippen MR) is 74.1 cm³/mol. The smallest absolute Gasteiger partial charge is 0.307 e. The molecule has 0 spiro atoms. The highest BCUT2D eigenvalue weighted by atomic mass is 16.4. The van der Waals surface area contributed by atoms with Gasteiger partial charge in [0, 0.05) is 7.05 Å². The van der Waals surface area contributed by atoms with Crippen molar-refractivity contribution >= 4 is 11.9 Å². The number of carboxylic acid groups (broad SMARTS) is 1. The average molecular weight is 273 g/mol. The van der Waals surface area contributed by atoms with E-state index in [-0.39, 0.29) is 17.9 Å². The zero-order chi connectivity index (χ0) is 14.3. The molecule has 0 heterocycles. The summed E-state index contributed by atoms with van der Waals surface area (Å²) in [7, 11) is 1.81. The summed E-state index contributed by atoms with van der Waals surface area (Å²) < 4.78 is 0. The van der Waals surface area contributed by atoms with Crippen LogP contribution in [0.5, 0.6) is 0 Å². The third-order valence-electron chi connectivity index (χ3n) is 4.58. The van der Waals surface area contributed by atoms with E-state index >= 15 is 0 Å². The Kier molecular flexibility index (Phi) is 3.24. The first-order valence-electron chi connectivity index (χ1n) is 7.17. The maximum atomic E-state index is 12.4. The molecule has 4 heteroatoms. The Morgan fingerprint density at radius 2 is 2.00 bits per heavy atom. The van der Waals surface area contributed by atoms with Crippen LogP contribution in [-0.2, 0) is 16.0 Å². The van der Waals surface area contributed by atoms with Crippen molar-refractivity contribution in [3.05, 3.63) is 35.4 Å². The van der Waals surface area contributed by atoms with Crippen LogP contribution >= 0.6 is 0 Å². The molecule has 2 aliphatic carbocycles. The van der Waals surface area contributed by atoms with Crippen LogP contribution in [0, 0.1) is 11.8 Å². The first-order chi connectivity index (χ1) is 9.59. The van der Waals surface area contributed by atoms with Gasteiger partial charge in [0.15, 0.2) is 0 Å². The second-order valence-electron chi connectivity index (χ2n) is 5.84. The van der Waals surface area contributed by atoms with Gasteiger partial charge in [-0.3, -0.25) is 9.59 Å². The lowest BCUT2D eigenvalue weighted by molar-refractivity contribution is -0.142. The van der Waals surface area contributed by atoms with Gasteiger partial charge in [0.2, 0.25) is 5.91 Å². The molecule has 1 saturated carbocycles. The van der Waals surface area contributed by atoms with Crippen molar-refractivity contribution in [3.8, 4) is 0 Å². The number of fused-ring (bicyclic) bond motifs is 1. The fourth-order valence-electron chi connectivity index (χ4n) is 3.29. The molecule has 0 bridgehead atoms. The van der Waals surface area contributed by atoms with E-state index in [4.69, 9.17) is 5.11 Å². The summed E-state index contributed by atoms with van der Waals surface area (Å²) in [5.74, 6) is -1.64. The van der Waals surface area contributed by atoms with Gasteiger partial charge < -0.3 is 10.0 Å². The summed E-state index contributed by atoms with van der Waals surface area (Å²) >= 11 is 0.